The molecular weight excluding hydrogens is 332 g/mol. The van der Waals surface area contributed by atoms with Crippen LogP contribution in [0.4, 0.5) is 0 Å². The van der Waals surface area contributed by atoms with Crippen LogP contribution < -0.4 is 10.6 Å². The lowest BCUT2D eigenvalue weighted by atomic mass is 10.5. The highest BCUT2D eigenvalue weighted by atomic mass is 33.1. The molecule has 0 aliphatic carbocycles. The lowest BCUT2D eigenvalue weighted by Crippen LogP contribution is -2.28. The molecular formula is C16H36N2O3S2. The van der Waals surface area contributed by atoms with Crippen LogP contribution in [0.2, 0.25) is 0 Å². The Hall–Kier alpha value is -0.390. The third-order valence-corrected chi connectivity index (χ3v) is 4.82. The lowest BCUT2D eigenvalue weighted by molar-refractivity contribution is -0.126. The molecule has 0 bridgehead atoms. The van der Waals surface area contributed by atoms with Crippen molar-refractivity contribution in [1.82, 2.24) is 10.6 Å². The van der Waals surface area contributed by atoms with E-state index in [1.54, 1.807) is 28.5 Å². The van der Waals surface area contributed by atoms with Crippen LogP contribution in [0, 0.1) is 11.8 Å². The third kappa shape index (κ3) is 21.6. The van der Waals surface area contributed by atoms with E-state index in [1.165, 1.54) is 0 Å². The lowest BCUT2D eigenvalue weighted by Gasteiger charge is -2.12. The molecule has 0 aromatic heterocycles. The van der Waals surface area contributed by atoms with Gasteiger partial charge in [-0.2, -0.15) is 0 Å². The molecule has 23 heavy (non-hydrogen) atoms. The average molecular weight is 369 g/mol. The van der Waals surface area contributed by atoms with E-state index in [4.69, 9.17) is 9.47 Å². The van der Waals surface area contributed by atoms with Crippen molar-refractivity contribution in [2.24, 2.45) is 0 Å². The Kier molecular flexibility index (Phi) is 23.4. The maximum atomic E-state index is 11.3. The van der Waals surface area contributed by atoms with E-state index >= 15 is 0 Å². The Balaban J connectivity index is -0.000000530. The Morgan fingerprint density at radius 2 is 2.09 bits per heavy atom. The van der Waals surface area contributed by atoms with Gasteiger partial charge in [-0.25, -0.2) is 0 Å². The van der Waals surface area contributed by atoms with Crippen LogP contribution in [-0.4, -0.2) is 56.6 Å². The maximum absolute atomic E-state index is 11.3. The Labute approximate surface area is 152 Å². The molecule has 0 fully saturated rings. The minimum Gasteiger partial charge on any atom is -0.369 e. The highest BCUT2D eigenvalue weighted by Crippen LogP contribution is 2.26. The zero-order chi connectivity index (χ0) is 17.8. The average Bonchev–Trinajstić information content (AvgIpc) is 2.56. The molecule has 0 radical (unpaired) electrons. The van der Waals surface area contributed by atoms with Crippen molar-refractivity contribution in [3.63, 3.8) is 0 Å². The largest absolute Gasteiger partial charge is 0.369 e. The molecule has 1 atom stereocenters. The maximum Gasteiger partial charge on any atom is 0.246 e. The molecule has 2 N–H and O–H groups in total. The van der Waals surface area contributed by atoms with Gasteiger partial charge in [0.2, 0.25) is 5.91 Å². The molecule has 7 heteroatoms. The van der Waals surface area contributed by atoms with E-state index in [9.17, 15) is 4.79 Å². The molecule has 0 saturated heterocycles. The van der Waals surface area contributed by atoms with Gasteiger partial charge in [-0.1, -0.05) is 48.3 Å². The summed E-state index contributed by atoms with van der Waals surface area (Å²) in [5.41, 5.74) is 0.119. The Bertz CT molecular complexity index is 330. The van der Waals surface area contributed by atoms with Crippen LogP contribution in [0.15, 0.2) is 0 Å². The second-order valence-electron chi connectivity index (χ2n) is 3.97. The molecule has 1 amide bonds. The molecule has 140 valence electrons. The zero-order valence-corrected chi connectivity index (χ0v) is 16.7. The van der Waals surface area contributed by atoms with Crippen LogP contribution in [-0.2, 0) is 14.3 Å². The summed E-state index contributed by atoms with van der Waals surface area (Å²) in [6.07, 6.45) is 0. The van der Waals surface area contributed by atoms with Gasteiger partial charge in [0, 0.05) is 15.2 Å². The fraction of sp³-hybridized carbons (Fsp3) is 0.812. The quantitative estimate of drug-likeness (QED) is 0.226. The minimum absolute atomic E-state index is 0. The molecule has 0 aliphatic rings. The number of hydrogen-bond donors (Lipinski definition) is 2. The van der Waals surface area contributed by atoms with Gasteiger partial charge in [-0.3, -0.25) is 4.79 Å². The van der Waals surface area contributed by atoms with Gasteiger partial charge in [-0.05, 0) is 20.4 Å². The summed E-state index contributed by atoms with van der Waals surface area (Å²) in [4.78, 5) is 11.3. The molecule has 0 rings (SSSR count). The summed E-state index contributed by atoms with van der Waals surface area (Å²) in [5, 5.41) is 5.91. The first kappa shape index (κ1) is 24.9. The van der Waals surface area contributed by atoms with Crippen LogP contribution in [0.5, 0.6) is 0 Å². The van der Waals surface area contributed by atoms with E-state index in [0.717, 1.165) is 18.8 Å². The number of rotatable bonds is 13. The predicted octanol–water partition coefficient (Wildman–Crippen LogP) is 3.01. The molecule has 1 unspecified atom stereocenters. The van der Waals surface area contributed by atoms with Gasteiger partial charge in [0.25, 0.3) is 0 Å². The first-order valence-electron chi connectivity index (χ1n) is 8.05. The molecule has 0 aromatic rings. The Morgan fingerprint density at radius 1 is 1.35 bits per heavy atom. The SMILES string of the molecule is CC.CC#CCNC(=O)COCCOC(C)SSCCNCC.[HH].[HH]. The van der Waals surface area contributed by atoms with Crippen molar-refractivity contribution in [2.45, 2.75) is 40.1 Å². The zero-order valence-electron chi connectivity index (χ0n) is 15.1. The molecule has 0 heterocycles. The number of ether oxygens (including phenoxy) is 2. The third-order valence-electron chi connectivity index (χ3n) is 2.18. The normalized spacial score (nSPS) is 10.8. The number of amides is 1. The van der Waals surface area contributed by atoms with Crippen molar-refractivity contribution in [3.05, 3.63) is 0 Å². The highest BCUT2D eigenvalue weighted by molar-refractivity contribution is 8.76. The second kappa shape index (κ2) is 21.6. The smallest absolute Gasteiger partial charge is 0.246 e. The van der Waals surface area contributed by atoms with Crippen LogP contribution in [0.25, 0.3) is 0 Å². The number of carbonyl (C=O) groups excluding carboxylic acids is 1. The standard InChI is InChI=1S/C14H26N2O3S2.C2H6.2H2/c1-4-6-7-16-14(17)12-18-9-10-19-13(3)21-20-11-8-15-5-2;1-2;;/h13,15H,5,7-12H2,1-3H3,(H,16,17);1-2H3;2*1H. The first-order valence-corrected chi connectivity index (χ1v) is 10.4. The molecule has 0 spiro atoms. The van der Waals surface area contributed by atoms with Gasteiger partial charge in [0.05, 0.1) is 19.8 Å². The van der Waals surface area contributed by atoms with E-state index in [0.29, 0.717) is 19.8 Å². The van der Waals surface area contributed by atoms with Crippen LogP contribution in [0.1, 0.15) is 37.5 Å². The minimum atomic E-state index is -0.154. The first-order chi connectivity index (χ1) is 11.2. The van der Waals surface area contributed by atoms with Crippen molar-refractivity contribution < 1.29 is 17.1 Å². The molecule has 0 aliphatic heterocycles. The van der Waals surface area contributed by atoms with E-state index in [2.05, 4.69) is 29.4 Å². The van der Waals surface area contributed by atoms with Gasteiger partial charge >= 0.3 is 0 Å². The summed E-state index contributed by atoms with van der Waals surface area (Å²) < 4.78 is 10.8. The van der Waals surface area contributed by atoms with E-state index in [1.807, 2.05) is 20.8 Å². The fourth-order valence-electron chi connectivity index (χ4n) is 1.18. The van der Waals surface area contributed by atoms with Crippen molar-refractivity contribution in [2.75, 3.05) is 45.2 Å². The topological polar surface area (TPSA) is 59.6 Å². The monoisotopic (exact) mass is 368 g/mol. The highest BCUT2D eigenvalue weighted by Gasteiger charge is 2.04. The second-order valence-corrected chi connectivity index (χ2v) is 6.75. The van der Waals surface area contributed by atoms with Crippen molar-refractivity contribution in [1.29, 1.82) is 0 Å². The van der Waals surface area contributed by atoms with Crippen LogP contribution >= 0.6 is 21.6 Å². The predicted molar refractivity (Wildman–Crippen MR) is 107 cm³/mol. The fourth-order valence-corrected chi connectivity index (χ4v) is 3.13. The number of nitrogens with one attached hydrogen (secondary N) is 2. The summed E-state index contributed by atoms with van der Waals surface area (Å²) in [7, 11) is 3.50. The summed E-state index contributed by atoms with van der Waals surface area (Å²) in [6, 6.07) is 0. The van der Waals surface area contributed by atoms with Crippen LogP contribution in [0.3, 0.4) is 0 Å². The number of carbonyl (C=O) groups is 1. The van der Waals surface area contributed by atoms with Gasteiger partial charge in [0.1, 0.15) is 12.0 Å². The summed E-state index contributed by atoms with van der Waals surface area (Å²) in [5.74, 6) is 6.37. The summed E-state index contributed by atoms with van der Waals surface area (Å²) >= 11 is 0. The van der Waals surface area contributed by atoms with E-state index in [-0.39, 0.29) is 20.8 Å². The van der Waals surface area contributed by atoms with Gasteiger partial charge in [0.15, 0.2) is 0 Å². The van der Waals surface area contributed by atoms with Gasteiger partial charge < -0.3 is 20.1 Å². The van der Waals surface area contributed by atoms with E-state index < -0.39 is 0 Å². The Morgan fingerprint density at radius 3 is 2.74 bits per heavy atom. The molecule has 0 saturated carbocycles. The molecule has 0 aromatic carbocycles. The molecule has 5 nitrogen and oxygen atoms in total. The van der Waals surface area contributed by atoms with Crippen molar-refractivity contribution >= 4 is 27.5 Å². The van der Waals surface area contributed by atoms with Crippen molar-refractivity contribution in [3.8, 4) is 11.8 Å². The number of hydrogen-bond acceptors (Lipinski definition) is 6. The van der Waals surface area contributed by atoms with Gasteiger partial charge in [-0.15, -0.1) is 5.92 Å². The summed E-state index contributed by atoms with van der Waals surface area (Å²) in [6.45, 7) is 13.2.